The van der Waals surface area contributed by atoms with Crippen molar-refractivity contribution in [2.45, 2.75) is 25.2 Å². The zero-order valence-corrected chi connectivity index (χ0v) is 19.8. The highest BCUT2D eigenvalue weighted by molar-refractivity contribution is 14.0. The molecule has 2 aromatic carbocycles. The van der Waals surface area contributed by atoms with Crippen LogP contribution in [-0.2, 0) is 5.41 Å². The molecule has 0 aromatic heterocycles. The molecule has 0 amide bonds. The van der Waals surface area contributed by atoms with Gasteiger partial charge in [-0.25, -0.2) is 0 Å². The molecule has 1 fully saturated rings. The zero-order chi connectivity index (χ0) is 20.0. The molecule has 1 aliphatic carbocycles. The predicted molar refractivity (Wildman–Crippen MR) is 128 cm³/mol. The van der Waals surface area contributed by atoms with Crippen LogP contribution in [0.25, 0.3) is 0 Å². The fraction of sp³-hybridized carbons (Fsp3) is 0.409. The summed E-state index contributed by atoms with van der Waals surface area (Å²) in [5, 5.41) is 6.79. The molecule has 1 aliphatic rings. The molecule has 6 nitrogen and oxygen atoms in total. The normalized spacial score (nSPS) is 14.4. The van der Waals surface area contributed by atoms with Gasteiger partial charge in [-0.3, -0.25) is 4.99 Å². The van der Waals surface area contributed by atoms with Gasteiger partial charge in [0.25, 0.3) is 0 Å². The van der Waals surface area contributed by atoms with E-state index in [0.717, 1.165) is 29.7 Å². The number of benzene rings is 2. The summed E-state index contributed by atoms with van der Waals surface area (Å²) in [5.41, 5.74) is 2.39. The van der Waals surface area contributed by atoms with Crippen LogP contribution in [0.3, 0.4) is 0 Å². The number of rotatable bonds is 8. The van der Waals surface area contributed by atoms with E-state index in [-0.39, 0.29) is 29.4 Å². The number of anilines is 1. The molecule has 29 heavy (non-hydrogen) atoms. The van der Waals surface area contributed by atoms with Crippen LogP contribution in [0, 0.1) is 0 Å². The van der Waals surface area contributed by atoms with Crippen molar-refractivity contribution in [3.8, 4) is 17.2 Å². The lowest BCUT2D eigenvalue weighted by atomic mass is 9.96. The molecule has 0 atom stereocenters. The Morgan fingerprint density at radius 1 is 1.03 bits per heavy atom. The Balaban J connectivity index is 0.00000300. The summed E-state index contributed by atoms with van der Waals surface area (Å²) in [7, 11) is 5.10. The van der Waals surface area contributed by atoms with Crippen LogP contribution in [0.15, 0.2) is 47.5 Å². The number of hydrogen-bond acceptors (Lipinski definition) is 4. The van der Waals surface area contributed by atoms with Crippen molar-refractivity contribution in [3.63, 3.8) is 0 Å². The number of aliphatic imine (C=N–C) groups is 1. The smallest absolute Gasteiger partial charge is 0.195 e. The molecular weight excluding hydrogens is 481 g/mol. The van der Waals surface area contributed by atoms with E-state index in [0.29, 0.717) is 12.4 Å². The highest BCUT2D eigenvalue weighted by Gasteiger charge is 2.44. The first-order chi connectivity index (χ1) is 13.6. The molecule has 2 aromatic rings. The van der Waals surface area contributed by atoms with Gasteiger partial charge in [0.15, 0.2) is 17.5 Å². The summed E-state index contributed by atoms with van der Waals surface area (Å²) in [6.45, 7) is 3.38. The average molecular weight is 511 g/mol. The number of guanidine groups is 1. The minimum absolute atomic E-state index is 0. The van der Waals surface area contributed by atoms with Crippen LogP contribution >= 0.6 is 24.0 Å². The number of methoxy groups -OCH3 is 2. The van der Waals surface area contributed by atoms with Gasteiger partial charge in [-0.1, -0.05) is 12.1 Å². The maximum absolute atomic E-state index is 5.57. The van der Waals surface area contributed by atoms with Crippen LogP contribution in [0.4, 0.5) is 5.69 Å². The highest BCUT2D eigenvalue weighted by atomic mass is 127. The first kappa shape index (κ1) is 23.1. The number of hydrogen-bond donors (Lipinski definition) is 2. The summed E-state index contributed by atoms with van der Waals surface area (Å²) in [5.74, 6) is 3.04. The number of halogens is 1. The van der Waals surface area contributed by atoms with Crippen molar-refractivity contribution in [3.05, 3.63) is 48.0 Å². The van der Waals surface area contributed by atoms with Crippen LogP contribution < -0.4 is 24.8 Å². The molecule has 0 bridgehead atoms. The van der Waals surface area contributed by atoms with Crippen LogP contribution in [-0.4, -0.2) is 40.4 Å². The summed E-state index contributed by atoms with van der Waals surface area (Å²) in [6.07, 6.45) is 2.33. The van der Waals surface area contributed by atoms with Gasteiger partial charge in [0.1, 0.15) is 5.75 Å². The zero-order valence-electron chi connectivity index (χ0n) is 17.5. The maximum atomic E-state index is 5.57. The van der Waals surface area contributed by atoms with E-state index in [2.05, 4.69) is 27.8 Å². The van der Waals surface area contributed by atoms with Crippen molar-refractivity contribution in [1.82, 2.24) is 5.32 Å². The van der Waals surface area contributed by atoms with Crippen molar-refractivity contribution in [2.24, 2.45) is 4.99 Å². The Hall–Kier alpha value is -2.16. The Bertz CT molecular complexity index is 821. The van der Waals surface area contributed by atoms with E-state index in [1.54, 1.807) is 21.3 Å². The molecule has 0 spiro atoms. The third-order valence-corrected chi connectivity index (χ3v) is 5.10. The summed E-state index contributed by atoms with van der Waals surface area (Å²) >= 11 is 0. The van der Waals surface area contributed by atoms with E-state index < -0.39 is 0 Å². The molecule has 0 radical (unpaired) electrons. The van der Waals surface area contributed by atoms with Gasteiger partial charge in [-0.2, -0.15) is 0 Å². The van der Waals surface area contributed by atoms with Crippen molar-refractivity contribution >= 4 is 35.6 Å². The molecular formula is C22H30IN3O3. The second kappa shape index (κ2) is 10.6. The number of nitrogens with zero attached hydrogens (tertiary/aromatic N) is 1. The lowest BCUT2D eigenvalue weighted by Gasteiger charge is -2.20. The molecule has 7 heteroatoms. The first-order valence-electron chi connectivity index (χ1n) is 9.57. The van der Waals surface area contributed by atoms with E-state index in [1.807, 2.05) is 37.3 Å². The quantitative estimate of drug-likeness (QED) is 0.312. The van der Waals surface area contributed by atoms with Gasteiger partial charge in [0.2, 0.25) is 0 Å². The maximum Gasteiger partial charge on any atom is 0.195 e. The molecule has 3 rings (SSSR count). The van der Waals surface area contributed by atoms with Crippen LogP contribution in [0.2, 0.25) is 0 Å². The van der Waals surface area contributed by atoms with Gasteiger partial charge in [0, 0.05) is 30.8 Å². The molecule has 0 saturated heterocycles. The predicted octanol–water partition coefficient (Wildman–Crippen LogP) is 4.44. The average Bonchev–Trinajstić information content (AvgIpc) is 3.53. The van der Waals surface area contributed by atoms with Crippen molar-refractivity contribution < 1.29 is 14.2 Å². The van der Waals surface area contributed by atoms with Gasteiger partial charge in [-0.15, -0.1) is 24.0 Å². The van der Waals surface area contributed by atoms with Crippen LogP contribution in [0.1, 0.15) is 25.3 Å². The largest absolute Gasteiger partial charge is 0.497 e. The standard InChI is InChI=1S/C22H29N3O3.HI/c1-5-28-19-11-8-17(14-20(19)27-4)25-21(23-2)24-15-22(12-13-22)16-6-9-18(26-3)10-7-16;/h6-11,14H,5,12-13,15H2,1-4H3,(H2,23,24,25);1H. The molecule has 1 saturated carbocycles. The summed E-state index contributed by atoms with van der Waals surface area (Å²) in [6, 6.07) is 14.1. The first-order valence-corrected chi connectivity index (χ1v) is 9.57. The Kier molecular flexibility index (Phi) is 8.43. The Labute approximate surface area is 190 Å². The Morgan fingerprint density at radius 3 is 2.31 bits per heavy atom. The fourth-order valence-corrected chi connectivity index (χ4v) is 3.25. The summed E-state index contributed by atoms with van der Waals surface area (Å²) in [4.78, 5) is 4.35. The highest BCUT2D eigenvalue weighted by Crippen LogP contribution is 2.47. The Morgan fingerprint density at radius 2 is 1.76 bits per heavy atom. The van der Waals surface area contributed by atoms with Gasteiger partial charge in [-0.05, 0) is 49.6 Å². The van der Waals surface area contributed by atoms with Gasteiger partial charge >= 0.3 is 0 Å². The monoisotopic (exact) mass is 511 g/mol. The topological polar surface area (TPSA) is 64.1 Å². The second-order valence-corrected chi connectivity index (χ2v) is 6.86. The summed E-state index contributed by atoms with van der Waals surface area (Å²) < 4.78 is 16.3. The lowest BCUT2D eigenvalue weighted by Crippen LogP contribution is -2.36. The number of ether oxygens (including phenoxy) is 3. The van der Waals surface area contributed by atoms with E-state index in [9.17, 15) is 0 Å². The number of nitrogens with one attached hydrogen (secondary N) is 2. The molecule has 0 heterocycles. The third-order valence-electron chi connectivity index (χ3n) is 5.10. The minimum Gasteiger partial charge on any atom is -0.497 e. The van der Waals surface area contributed by atoms with E-state index in [1.165, 1.54) is 18.4 Å². The molecule has 158 valence electrons. The van der Waals surface area contributed by atoms with Crippen molar-refractivity contribution in [1.29, 1.82) is 0 Å². The molecule has 0 unspecified atom stereocenters. The van der Waals surface area contributed by atoms with Crippen LogP contribution in [0.5, 0.6) is 17.2 Å². The SMILES string of the molecule is CCOc1ccc(NC(=NC)NCC2(c3ccc(OC)cc3)CC2)cc1OC.I. The lowest BCUT2D eigenvalue weighted by molar-refractivity contribution is 0.311. The fourth-order valence-electron chi connectivity index (χ4n) is 3.25. The second-order valence-electron chi connectivity index (χ2n) is 6.86. The van der Waals surface area contributed by atoms with Gasteiger partial charge in [0.05, 0.1) is 20.8 Å². The molecule has 0 aliphatic heterocycles. The third kappa shape index (κ3) is 5.68. The van der Waals surface area contributed by atoms with Crippen molar-refractivity contribution in [2.75, 3.05) is 39.7 Å². The minimum atomic E-state index is 0. The molecule has 2 N–H and O–H groups in total. The van der Waals surface area contributed by atoms with E-state index in [4.69, 9.17) is 14.2 Å². The van der Waals surface area contributed by atoms with E-state index >= 15 is 0 Å². The van der Waals surface area contributed by atoms with Gasteiger partial charge < -0.3 is 24.8 Å².